The molecule has 0 saturated heterocycles. The van der Waals surface area contributed by atoms with Crippen LogP contribution in [0.1, 0.15) is 335 Å². The molecule has 0 bridgehead atoms. The van der Waals surface area contributed by atoms with Crippen LogP contribution in [0.4, 0.5) is 0 Å². The number of rotatable bonds is 61. The minimum atomic E-state index is -0.778. The second kappa shape index (κ2) is 66.1. The lowest BCUT2D eigenvalue weighted by Gasteiger charge is -2.18. The molecule has 0 aliphatic carbocycles. The highest BCUT2D eigenvalue weighted by atomic mass is 16.6. The molecule has 0 rings (SSSR count). The van der Waals surface area contributed by atoms with Crippen LogP contribution in [0, 0.1) is 0 Å². The van der Waals surface area contributed by atoms with E-state index >= 15 is 0 Å². The summed E-state index contributed by atoms with van der Waals surface area (Å²) in [7, 11) is 0. The molecular weight excluding hydrogens is 961 g/mol. The van der Waals surface area contributed by atoms with Crippen molar-refractivity contribution < 1.29 is 28.6 Å². The van der Waals surface area contributed by atoms with Gasteiger partial charge in [-0.15, -0.1) is 0 Å². The Morgan fingerprint density at radius 2 is 0.500 bits per heavy atom. The molecule has 0 N–H and O–H groups in total. The summed E-state index contributed by atoms with van der Waals surface area (Å²) in [4.78, 5) is 38.3. The number of hydrogen-bond donors (Lipinski definition) is 0. The normalized spacial score (nSPS) is 12.6. The fourth-order valence-electron chi connectivity index (χ4n) is 9.62. The lowest BCUT2D eigenvalue weighted by Crippen LogP contribution is -2.30. The standard InChI is InChI=1S/C72H126O6/c1-4-7-10-13-16-19-22-25-28-29-30-31-32-33-34-35-36-37-38-39-40-41-42-43-45-47-50-53-56-59-62-65-71(74)77-68-69(67-76-70(73)64-61-58-55-52-49-46-27-24-21-18-15-12-9-6-3)78-72(75)66-63-60-57-54-51-48-44-26-23-20-17-14-11-8-5-2/h7,10,16,19,24-25,27-28,30-31,33-34,36-37,69H,4-6,8-9,11-15,17-18,20-23,26,29,32,35,38-68H2,1-3H3/b10-7-,19-16-,27-24-,28-25-,31-30-,34-33-,37-36-. The van der Waals surface area contributed by atoms with E-state index in [1.54, 1.807) is 0 Å². The Kier molecular flexibility index (Phi) is 63.2. The number of ether oxygens (including phenoxy) is 3. The van der Waals surface area contributed by atoms with Gasteiger partial charge in [-0.2, -0.15) is 0 Å². The maximum atomic E-state index is 12.9. The molecule has 6 heteroatoms. The van der Waals surface area contributed by atoms with Crippen molar-refractivity contribution in [1.82, 2.24) is 0 Å². The van der Waals surface area contributed by atoms with Crippen molar-refractivity contribution in [1.29, 1.82) is 0 Å². The first-order valence-corrected chi connectivity index (χ1v) is 33.6. The van der Waals surface area contributed by atoms with E-state index in [9.17, 15) is 14.4 Å². The van der Waals surface area contributed by atoms with Gasteiger partial charge in [0, 0.05) is 19.3 Å². The van der Waals surface area contributed by atoms with Crippen LogP contribution in [-0.2, 0) is 28.6 Å². The Morgan fingerprint density at radius 1 is 0.269 bits per heavy atom. The number of carbonyl (C=O) groups excluding carboxylic acids is 3. The average Bonchev–Trinajstić information content (AvgIpc) is 3.44. The van der Waals surface area contributed by atoms with E-state index in [1.807, 2.05) is 0 Å². The lowest BCUT2D eigenvalue weighted by atomic mass is 10.0. The molecule has 0 amide bonds. The highest BCUT2D eigenvalue weighted by Gasteiger charge is 2.19. The molecule has 0 spiro atoms. The van der Waals surface area contributed by atoms with Crippen LogP contribution >= 0.6 is 0 Å². The summed E-state index contributed by atoms with van der Waals surface area (Å²) < 4.78 is 16.9. The smallest absolute Gasteiger partial charge is 0.306 e. The zero-order valence-electron chi connectivity index (χ0n) is 51.7. The summed E-state index contributed by atoms with van der Waals surface area (Å²) in [5.74, 6) is -0.869. The molecule has 78 heavy (non-hydrogen) atoms. The van der Waals surface area contributed by atoms with E-state index in [-0.39, 0.29) is 31.1 Å². The van der Waals surface area contributed by atoms with Crippen molar-refractivity contribution in [3.05, 3.63) is 85.1 Å². The van der Waals surface area contributed by atoms with Gasteiger partial charge in [-0.1, -0.05) is 305 Å². The zero-order valence-corrected chi connectivity index (χ0v) is 51.7. The molecule has 0 aromatic carbocycles. The summed E-state index contributed by atoms with van der Waals surface area (Å²) in [6.07, 6.45) is 87.4. The third-order valence-electron chi connectivity index (χ3n) is 14.6. The van der Waals surface area contributed by atoms with Crippen LogP contribution in [0.2, 0.25) is 0 Å². The van der Waals surface area contributed by atoms with Crippen LogP contribution in [0.15, 0.2) is 85.1 Å². The van der Waals surface area contributed by atoms with Gasteiger partial charge in [0.2, 0.25) is 0 Å². The quantitative estimate of drug-likeness (QED) is 0.0261. The Morgan fingerprint density at radius 3 is 0.795 bits per heavy atom. The molecule has 6 nitrogen and oxygen atoms in total. The van der Waals surface area contributed by atoms with Gasteiger partial charge in [0.15, 0.2) is 6.10 Å². The molecule has 0 fully saturated rings. The topological polar surface area (TPSA) is 78.9 Å². The van der Waals surface area contributed by atoms with Crippen molar-refractivity contribution in [3.63, 3.8) is 0 Å². The van der Waals surface area contributed by atoms with E-state index in [4.69, 9.17) is 14.2 Å². The highest BCUT2D eigenvalue weighted by molar-refractivity contribution is 5.71. The number of hydrogen-bond acceptors (Lipinski definition) is 6. The molecule has 0 radical (unpaired) electrons. The van der Waals surface area contributed by atoms with Crippen molar-refractivity contribution in [3.8, 4) is 0 Å². The molecule has 1 unspecified atom stereocenters. The van der Waals surface area contributed by atoms with Crippen molar-refractivity contribution in [2.45, 2.75) is 341 Å². The Hall–Kier alpha value is -3.41. The van der Waals surface area contributed by atoms with Gasteiger partial charge in [-0.05, 0) is 96.3 Å². The fourth-order valence-corrected chi connectivity index (χ4v) is 9.62. The third kappa shape index (κ3) is 63.4. The van der Waals surface area contributed by atoms with E-state index in [0.29, 0.717) is 19.3 Å². The van der Waals surface area contributed by atoms with Crippen molar-refractivity contribution in [2.75, 3.05) is 13.2 Å². The Bertz CT molecular complexity index is 1480. The largest absolute Gasteiger partial charge is 0.462 e. The third-order valence-corrected chi connectivity index (χ3v) is 14.6. The van der Waals surface area contributed by atoms with Gasteiger partial charge in [0.1, 0.15) is 13.2 Å². The van der Waals surface area contributed by atoms with E-state index in [1.165, 1.54) is 193 Å². The van der Waals surface area contributed by atoms with Gasteiger partial charge in [0.05, 0.1) is 0 Å². The summed E-state index contributed by atoms with van der Waals surface area (Å²) in [6, 6.07) is 0. The number of carbonyl (C=O) groups is 3. The van der Waals surface area contributed by atoms with Crippen molar-refractivity contribution >= 4 is 17.9 Å². The molecule has 0 saturated carbocycles. The van der Waals surface area contributed by atoms with Gasteiger partial charge in [-0.25, -0.2) is 0 Å². The SMILES string of the molecule is CC/C=C\C/C=C\C/C=C\C/C=C\C/C=C\C/C=C\CCCCCCCCCCCCCCC(=O)OCC(COC(=O)CCCCCCC/C=C\CCCCCCC)OC(=O)CCCCCCCCCCCCCCCCC. The van der Waals surface area contributed by atoms with Crippen LogP contribution in [0.3, 0.4) is 0 Å². The number of allylic oxidation sites excluding steroid dienone is 14. The first-order valence-electron chi connectivity index (χ1n) is 33.6. The lowest BCUT2D eigenvalue weighted by molar-refractivity contribution is -0.167. The summed E-state index contributed by atoms with van der Waals surface area (Å²) >= 11 is 0. The average molecular weight is 1090 g/mol. The second-order valence-corrected chi connectivity index (χ2v) is 22.4. The fraction of sp³-hybridized carbons (Fsp3) is 0.764. The van der Waals surface area contributed by atoms with Crippen LogP contribution in [-0.4, -0.2) is 37.2 Å². The number of unbranched alkanes of at least 4 members (excludes halogenated alkanes) is 36. The Balaban J connectivity index is 4.22. The summed E-state index contributed by atoms with van der Waals surface area (Å²) in [6.45, 7) is 6.55. The molecule has 450 valence electrons. The molecule has 0 heterocycles. The second-order valence-electron chi connectivity index (χ2n) is 22.4. The Labute approximate surface area is 484 Å². The highest BCUT2D eigenvalue weighted by Crippen LogP contribution is 2.17. The van der Waals surface area contributed by atoms with E-state index in [0.717, 1.165) is 103 Å². The molecular formula is C72H126O6. The predicted molar refractivity (Wildman–Crippen MR) is 339 cm³/mol. The van der Waals surface area contributed by atoms with Crippen LogP contribution in [0.25, 0.3) is 0 Å². The van der Waals surface area contributed by atoms with E-state index in [2.05, 4.69) is 106 Å². The van der Waals surface area contributed by atoms with Gasteiger partial charge >= 0.3 is 17.9 Å². The molecule has 0 aliphatic rings. The minimum absolute atomic E-state index is 0.0759. The van der Waals surface area contributed by atoms with Crippen molar-refractivity contribution in [2.24, 2.45) is 0 Å². The monoisotopic (exact) mass is 1090 g/mol. The summed E-state index contributed by atoms with van der Waals surface area (Å²) in [5, 5.41) is 0. The van der Waals surface area contributed by atoms with Crippen LogP contribution in [0.5, 0.6) is 0 Å². The predicted octanol–water partition coefficient (Wildman–Crippen LogP) is 23.1. The summed E-state index contributed by atoms with van der Waals surface area (Å²) in [5.41, 5.74) is 0. The zero-order chi connectivity index (χ0) is 56.4. The number of esters is 3. The first kappa shape index (κ1) is 74.6. The molecule has 0 aromatic heterocycles. The first-order chi connectivity index (χ1) is 38.5. The minimum Gasteiger partial charge on any atom is -0.462 e. The van der Waals surface area contributed by atoms with Gasteiger partial charge in [0.25, 0.3) is 0 Å². The van der Waals surface area contributed by atoms with Gasteiger partial charge < -0.3 is 14.2 Å². The maximum Gasteiger partial charge on any atom is 0.306 e. The maximum absolute atomic E-state index is 12.9. The molecule has 1 atom stereocenters. The molecule has 0 aliphatic heterocycles. The molecule has 0 aromatic rings. The van der Waals surface area contributed by atoms with Gasteiger partial charge in [-0.3, -0.25) is 14.4 Å². The van der Waals surface area contributed by atoms with E-state index < -0.39 is 6.10 Å². The van der Waals surface area contributed by atoms with Crippen LogP contribution < -0.4 is 0 Å².